The first-order valence-corrected chi connectivity index (χ1v) is 7.18. The van der Waals surface area contributed by atoms with E-state index in [1.807, 2.05) is 42.3 Å². The van der Waals surface area contributed by atoms with E-state index in [2.05, 4.69) is 9.73 Å². The van der Waals surface area contributed by atoms with Gasteiger partial charge in [-0.2, -0.15) is 8.78 Å². The molecule has 0 saturated heterocycles. The topological polar surface area (TPSA) is 50.8 Å². The third-order valence-corrected chi connectivity index (χ3v) is 3.97. The van der Waals surface area contributed by atoms with Gasteiger partial charge >= 0.3 is 6.61 Å². The predicted molar refractivity (Wildman–Crippen MR) is 84.5 cm³/mol. The summed E-state index contributed by atoms with van der Waals surface area (Å²) in [7, 11) is 1.87. The Morgan fingerprint density at radius 2 is 1.70 bits per heavy atom. The average Bonchev–Trinajstić information content (AvgIpc) is 2.85. The molecule has 0 aliphatic carbocycles. The van der Waals surface area contributed by atoms with E-state index < -0.39 is 12.2 Å². The molecule has 2 N–H and O–H groups in total. The molecule has 1 atom stereocenters. The number of guanidine groups is 1. The Bertz CT molecular complexity index is 704. The molecular weight excluding hydrogens is 300 g/mol. The molecule has 1 aliphatic rings. The van der Waals surface area contributed by atoms with Gasteiger partial charge in [-0.3, -0.25) is 0 Å². The lowest BCUT2D eigenvalue weighted by molar-refractivity contribution is -0.0498. The standard InChI is InChI=1S/C17H17F2N3O/c1-22-11-17(21-16(22)20,12-5-3-2-4-6-12)13-7-9-14(10-8-13)23-15(18)19/h2-10,15H,11H2,1H3,(H2,20,21)/t17-/m0/s1. The first-order chi connectivity index (χ1) is 11.0. The molecule has 3 rings (SSSR count). The van der Waals surface area contributed by atoms with Crippen LogP contribution in [0.3, 0.4) is 0 Å². The lowest BCUT2D eigenvalue weighted by Crippen LogP contribution is -2.34. The van der Waals surface area contributed by atoms with Crippen molar-refractivity contribution in [2.75, 3.05) is 13.6 Å². The molecule has 2 aromatic carbocycles. The van der Waals surface area contributed by atoms with Crippen molar-refractivity contribution in [3.05, 3.63) is 65.7 Å². The largest absolute Gasteiger partial charge is 0.435 e. The molecule has 0 amide bonds. The van der Waals surface area contributed by atoms with Crippen molar-refractivity contribution in [1.29, 1.82) is 0 Å². The lowest BCUT2D eigenvalue weighted by atomic mass is 9.83. The van der Waals surface area contributed by atoms with Gasteiger partial charge < -0.3 is 15.4 Å². The summed E-state index contributed by atoms with van der Waals surface area (Å²) in [5, 5.41) is 0. The molecule has 6 heteroatoms. The number of hydrogen-bond acceptors (Lipinski definition) is 4. The highest BCUT2D eigenvalue weighted by Crippen LogP contribution is 2.38. The number of halogens is 2. The minimum atomic E-state index is -2.84. The van der Waals surface area contributed by atoms with Crippen LogP contribution in [0.1, 0.15) is 11.1 Å². The highest BCUT2D eigenvalue weighted by Gasteiger charge is 2.40. The molecule has 0 fully saturated rings. The van der Waals surface area contributed by atoms with Crippen molar-refractivity contribution in [2.24, 2.45) is 10.7 Å². The van der Waals surface area contributed by atoms with Gasteiger partial charge in [-0.1, -0.05) is 42.5 Å². The molecule has 2 aromatic rings. The van der Waals surface area contributed by atoms with Crippen molar-refractivity contribution < 1.29 is 13.5 Å². The zero-order valence-electron chi connectivity index (χ0n) is 12.6. The summed E-state index contributed by atoms with van der Waals surface area (Å²) in [5.41, 5.74) is 7.20. The molecule has 1 heterocycles. The summed E-state index contributed by atoms with van der Waals surface area (Å²) >= 11 is 0. The van der Waals surface area contributed by atoms with Crippen LogP contribution < -0.4 is 10.5 Å². The van der Waals surface area contributed by atoms with Crippen LogP contribution in [-0.4, -0.2) is 31.1 Å². The Morgan fingerprint density at radius 3 is 2.22 bits per heavy atom. The second-order valence-electron chi connectivity index (χ2n) is 5.46. The van der Waals surface area contributed by atoms with Gasteiger partial charge in [0.05, 0.1) is 6.54 Å². The van der Waals surface area contributed by atoms with Gasteiger partial charge in [-0.05, 0) is 23.3 Å². The van der Waals surface area contributed by atoms with E-state index in [1.54, 1.807) is 12.1 Å². The molecule has 120 valence electrons. The summed E-state index contributed by atoms with van der Waals surface area (Å²) in [6.07, 6.45) is 0. The summed E-state index contributed by atoms with van der Waals surface area (Å²) in [5.74, 6) is 0.567. The maximum atomic E-state index is 12.3. The third-order valence-electron chi connectivity index (χ3n) is 3.97. The number of hydrogen-bond donors (Lipinski definition) is 1. The smallest absolute Gasteiger partial charge is 0.387 e. The molecule has 0 aromatic heterocycles. The third kappa shape index (κ3) is 2.84. The molecule has 0 spiro atoms. The van der Waals surface area contributed by atoms with Crippen molar-refractivity contribution in [2.45, 2.75) is 12.2 Å². The van der Waals surface area contributed by atoms with Crippen LogP contribution in [0.15, 0.2) is 59.6 Å². The minimum absolute atomic E-state index is 0.121. The second-order valence-corrected chi connectivity index (χ2v) is 5.46. The zero-order valence-corrected chi connectivity index (χ0v) is 12.6. The number of ether oxygens (including phenoxy) is 1. The van der Waals surface area contributed by atoms with Crippen LogP contribution in [0.4, 0.5) is 8.78 Å². The Hall–Kier alpha value is -2.63. The summed E-state index contributed by atoms with van der Waals surface area (Å²) in [6.45, 7) is -2.26. The van der Waals surface area contributed by atoms with Crippen molar-refractivity contribution in [3.63, 3.8) is 0 Å². The molecule has 0 bridgehead atoms. The van der Waals surface area contributed by atoms with Crippen LogP contribution in [-0.2, 0) is 5.54 Å². The van der Waals surface area contributed by atoms with E-state index in [1.165, 1.54) is 12.1 Å². The molecule has 0 radical (unpaired) electrons. The van der Waals surface area contributed by atoms with E-state index >= 15 is 0 Å². The molecular formula is C17H17F2N3O. The van der Waals surface area contributed by atoms with Gasteiger partial charge in [0.15, 0.2) is 5.96 Å². The first kappa shape index (κ1) is 15.3. The zero-order chi connectivity index (χ0) is 16.4. The number of aliphatic imine (C=N–C) groups is 1. The first-order valence-electron chi connectivity index (χ1n) is 7.18. The summed E-state index contributed by atoms with van der Waals surface area (Å²) in [6, 6.07) is 16.3. The molecule has 0 saturated carbocycles. The van der Waals surface area contributed by atoms with Crippen molar-refractivity contribution in [3.8, 4) is 5.75 Å². The van der Waals surface area contributed by atoms with Gasteiger partial charge in [-0.25, -0.2) is 4.99 Å². The van der Waals surface area contributed by atoms with E-state index in [-0.39, 0.29) is 5.75 Å². The molecule has 0 unspecified atom stereocenters. The Kier molecular flexibility index (Phi) is 3.90. The SMILES string of the molecule is CN1C[C@](c2ccccc2)(c2ccc(OC(F)F)cc2)N=C1N. The molecule has 4 nitrogen and oxygen atoms in total. The molecule has 23 heavy (non-hydrogen) atoms. The van der Waals surface area contributed by atoms with E-state index in [4.69, 9.17) is 5.73 Å². The van der Waals surface area contributed by atoms with Gasteiger partial charge in [0.2, 0.25) is 0 Å². The van der Waals surface area contributed by atoms with Crippen molar-refractivity contribution >= 4 is 5.96 Å². The predicted octanol–water partition coefficient (Wildman–Crippen LogP) is 2.79. The maximum Gasteiger partial charge on any atom is 0.387 e. The van der Waals surface area contributed by atoms with E-state index in [0.29, 0.717) is 12.5 Å². The Morgan fingerprint density at radius 1 is 1.09 bits per heavy atom. The fraction of sp³-hybridized carbons (Fsp3) is 0.235. The lowest BCUT2D eigenvalue weighted by Gasteiger charge is -2.28. The Balaban J connectivity index is 2.04. The minimum Gasteiger partial charge on any atom is -0.435 e. The fourth-order valence-corrected chi connectivity index (χ4v) is 2.84. The van der Waals surface area contributed by atoms with Gasteiger partial charge in [-0.15, -0.1) is 0 Å². The summed E-state index contributed by atoms with van der Waals surface area (Å²) in [4.78, 5) is 6.54. The van der Waals surface area contributed by atoms with Crippen LogP contribution in [0.2, 0.25) is 0 Å². The highest BCUT2D eigenvalue weighted by atomic mass is 19.3. The maximum absolute atomic E-state index is 12.3. The molecule has 1 aliphatic heterocycles. The van der Waals surface area contributed by atoms with Gasteiger partial charge in [0.1, 0.15) is 11.3 Å². The van der Waals surface area contributed by atoms with E-state index in [9.17, 15) is 8.78 Å². The monoisotopic (exact) mass is 317 g/mol. The normalized spacial score (nSPS) is 20.7. The van der Waals surface area contributed by atoms with Gasteiger partial charge in [0, 0.05) is 7.05 Å². The number of likely N-dealkylation sites (N-methyl/N-ethyl adjacent to an activating group) is 1. The Labute approximate surface area is 133 Å². The second kappa shape index (κ2) is 5.87. The van der Waals surface area contributed by atoms with Gasteiger partial charge in [0.25, 0.3) is 0 Å². The van der Waals surface area contributed by atoms with Crippen LogP contribution in [0, 0.1) is 0 Å². The van der Waals surface area contributed by atoms with E-state index in [0.717, 1.165) is 11.1 Å². The highest BCUT2D eigenvalue weighted by molar-refractivity contribution is 5.81. The quantitative estimate of drug-likeness (QED) is 0.943. The van der Waals surface area contributed by atoms with Crippen LogP contribution in [0.5, 0.6) is 5.75 Å². The van der Waals surface area contributed by atoms with Crippen molar-refractivity contribution in [1.82, 2.24) is 4.90 Å². The fourth-order valence-electron chi connectivity index (χ4n) is 2.84. The number of rotatable bonds is 4. The average molecular weight is 317 g/mol. The van der Waals surface area contributed by atoms with Crippen LogP contribution >= 0.6 is 0 Å². The number of alkyl halides is 2. The number of nitrogens with two attached hydrogens (primary N) is 1. The number of nitrogens with zero attached hydrogens (tertiary/aromatic N) is 2. The number of benzene rings is 2. The summed E-state index contributed by atoms with van der Waals surface area (Å²) < 4.78 is 29.0. The van der Waals surface area contributed by atoms with Crippen LogP contribution in [0.25, 0.3) is 0 Å².